The summed E-state index contributed by atoms with van der Waals surface area (Å²) in [5, 5.41) is 7.50. The number of halogens is 1. The van der Waals surface area contributed by atoms with E-state index in [2.05, 4.69) is 17.3 Å². The molecule has 96 valence electrons. The molecule has 0 aliphatic heterocycles. The first kappa shape index (κ1) is 12.8. The first-order chi connectivity index (χ1) is 8.74. The van der Waals surface area contributed by atoms with Gasteiger partial charge in [0.1, 0.15) is 5.82 Å². The molecule has 0 spiro atoms. The van der Waals surface area contributed by atoms with Crippen molar-refractivity contribution in [2.45, 2.75) is 26.9 Å². The maximum atomic E-state index is 13.4. The summed E-state index contributed by atoms with van der Waals surface area (Å²) in [6, 6.07) is 4.90. The van der Waals surface area contributed by atoms with E-state index in [1.54, 1.807) is 12.3 Å². The fraction of sp³-hybridized carbons (Fsp3) is 0.357. The van der Waals surface area contributed by atoms with Gasteiger partial charge in [0.05, 0.1) is 6.20 Å². The second-order valence-corrected chi connectivity index (χ2v) is 4.17. The first-order valence-corrected chi connectivity index (χ1v) is 6.26. The summed E-state index contributed by atoms with van der Waals surface area (Å²) in [6.07, 6.45) is 3.73. The summed E-state index contributed by atoms with van der Waals surface area (Å²) in [4.78, 5) is 0. The summed E-state index contributed by atoms with van der Waals surface area (Å²) in [7, 11) is 0. The van der Waals surface area contributed by atoms with Gasteiger partial charge in [-0.05, 0) is 36.7 Å². The van der Waals surface area contributed by atoms with Gasteiger partial charge in [0.25, 0.3) is 0 Å². The van der Waals surface area contributed by atoms with Crippen LogP contribution in [0.2, 0.25) is 0 Å². The van der Waals surface area contributed by atoms with E-state index in [0.29, 0.717) is 0 Å². The van der Waals surface area contributed by atoms with Crippen LogP contribution in [0.5, 0.6) is 0 Å². The van der Waals surface area contributed by atoms with Crippen LogP contribution >= 0.6 is 0 Å². The third-order valence-corrected chi connectivity index (χ3v) is 2.91. The molecule has 18 heavy (non-hydrogen) atoms. The zero-order valence-corrected chi connectivity index (χ0v) is 10.8. The molecule has 4 heteroatoms. The minimum atomic E-state index is -0.213. The molecule has 0 bridgehead atoms. The number of aryl methyl sites for hydroxylation is 1. The Labute approximate surface area is 107 Å². The smallest absolute Gasteiger partial charge is 0.123 e. The van der Waals surface area contributed by atoms with Gasteiger partial charge in [-0.1, -0.05) is 13.0 Å². The molecule has 0 fully saturated rings. The van der Waals surface area contributed by atoms with E-state index in [1.807, 2.05) is 23.9 Å². The number of nitrogens with zero attached hydrogens (tertiary/aromatic N) is 2. The summed E-state index contributed by atoms with van der Waals surface area (Å²) < 4.78 is 15.2. The van der Waals surface area contributed by atoms with E-state index >= 15 is 0 Å². The van der Waals surface area contributed by atoms with E-state index in [9.17, 15) is 4.39 Å². The predicted molar refractivity (Wildman–Crippen MR) is 70.7 cm³/mol. The normalized spacial score (nSPS) is 10.8. The average molecular weight is 247 g/mol. The Bertz CT molecular complexity index is 520. The van der Waals surface area contributed by atoms with Gasteiger partial charge in [-0.15, -0.1) is 0 Å². The molecule has 2 aromatic rings. The summed E-state index contributed by atoms with van der Waals surface area (Å²) in [6.45, 7) is 6.53. The molecule has 0 amide bonds. The second-order valence-electron chi connectivity index (χ2n) is 4.17. The summed E-state index contributed by atoms with van der Waals surface area (Å²) in [5.41, 5.74) is 2.97. The predicted octanol–water partition coefficient (Wildman–Crippen LogP) is 2.82. The van der Waals surface area contributed by atoms with Crippen molar-refractivity contribution in [3.63, 3.8) is 0 Å². The molecule has 0 radical (unpaired) electrons. The lowest BCUT2D eigenvalue weighted by molar-refractivity contribution is 0.626. The van der Waals surface area contributed by atoms with E-state index in [1.165, 1.54) is 6.07 Å². The number of hydrogen-bond donors (Lipinski definition) is 1. The molecule has 0 aliphatic carbocycles. The Kier molecular flexibility index (Phi) is 4.10. The van der Waals surface area contributed by atoms with Gasteiger partial charge in [-0.2, -0.15) is 5.10 Å². The topological polar surface area (TPSA) is 29.9 Å². The molecule has 1 N–H and O–H groups in total. The third-order valence-electron chi connectivity index (χ3n) is 2.91. The van der Waals surface area contributed by atoms with Gasteiger partial charge in [0.15, 0.2) is 0 Å². The molecule has 0 saturated heterocycles. The molecule has 0 saturated carbocycles. The van der Waals surface area contributed by atoms with Crippen LogP contribution in [0.3, 0.4) is 0 Å². The molecule has 2 rings (SSSR count). The monoisotopic (exact) mass is 247 g/mol. The summed E-state index contributed by atoms with van der Waals surface area (Å²) in [5.74, 6) is -0.213. The second kappa shape index (κ2) is 5.78. The molecule has 0 unspecified atom stereocenters. The largest absolute Gasteiger partial charge is 0.313 e. The van der Waals surface area contributed by atoms with Crippen molar-refractivity contribution in [3.8, 4) is 11.1 Å². The van der Waals surface area contributed by atoms with Crippen LogP contribution < -0.4 is 5.32 Å². The van der Waals surface area contributed by atoms with Crippen LogP contribution in [0.4, 0.5) is 4.39 Å². The van der Waals surface area contributed by atoms with Gasteiger partial charge in [-0.25, -0.2) is 4.39 Å². The highest BCUT2D eigenvalue weighted by atomic mass is 19.1. The van der Waals surface area contributed by atoms with Gasteiger partial charge >= 0.3 is 0 Å². The van der Waals surface area contributed by atoms with Crippen molar-refractivity contribution >= 4 is 0 Å². The van der Waals surface area contributed by atoms with E-state index < -0.39 is 0 Å². The van der Waals surface area contributed by atoms with Crippen LogP contribution in [-0.2, 0) is 13.1 Å². The first-order valence-electron chi connectivity index (χ1n) is 6.26. The van der Waals surface area contributed by atoms with E-state index in [0.717, 1.165) is 36.3 Å². The number of hydrogen-bond acceptors (Lipinski definition) is 2. The molecule has 0 aliphatic rings. The molecular formula is C14H18FN3. The highest BCUT2D eigenvalue weighted by Crippen LogP contribution is 2.24. The Balaban J connectivity index is 2.37. The third kappa shape index (κ3) is 2.76. The van der Waals surface area contributed by atoms with Crippen LogP contribution in [0.25, 0.3) is 11.1 Å². The van der Waals surface area contributed by atoms with Gasteiger partial charge in [-0.3, -0.25) is 4.68 Å². The molecule has 1 aromatic carbocycles. The van der Waals surface area contributed by atoms with Gasteiger partial charge < -0.3 is 5.32 Å². The highest BCUT2D eigenvalue weighted by Gasteiger charge is 2.08. The standard InChI is InChI=1S/C14H18FN3/c1-3-16-8-11-5-6-13(15)7-14(11)12-9-17-18(4-2)10-12/h5-7,9-10,16H,3-4,8H2,1-2H3. The number of benzene rings is 1. The van der Waals surface area contributed by atoms with Gasteiger partial charge in [0.2, 0.25) is 0 Å². The average Bonchev–Trinajstić information content (AvgIpc) is 2.86. The molecule has 1 aromatic heterocycles. The fourth-order valence-electron chi connectivity index (χ4n) is 1.91. The molecular weight excluding hydrogens is 229 g/mol. The number of rotatable bonds is 5. The highest BCUT2D eigenvalue weighted by molar-refractivity contribution is 5.66. The van der Waals surface area contributed by atoms with Crippen molar-refractivity contribution in [1.29, 1.82) is 0 Å². The maximum absolute atomic E-state index is 13.4. The van der Waals surface area contributed by atoms with E-state index in [4.69, 9.17) is 0 Å². The molecule has 1 heterocycles. The maximum Gasteiger partial charge on any atom is 0.123 e. The van der Waals surface area contributed by atoms with Crippen molar-refractivity contribution in [1.82, 2.24) is 15.1 Å². The Morgan fingerprint density at radius 3 is 2.83 bits per heavy atom. The number of aromatic nitrogens is 2. The Hall–Kier alpha value is -1.68. The minimum Gasteiger partial charge on any atom is -0.313 e. The minimum absolute atomic E-state index is 0.213. The number of nitrogens with one attached hydrogen (secondary N) is 1. The van der Waals surface area contributed by atoms with Crippen molar-refractivity contribution < 1.29 is 4.39 Å². The Morgan fingerprint density at radius 1 is 1.33 bits per heavy atom. The Morgan fingerprint density at radius 2 is 2.17 bits per heavy atom. The van der Waals surface area contributed by atoms with Crippen LogP contribution in [0, 0.1) is 5.82 Å². The quantitative estimate of drug-likeness (QED) is 0.880. The molecule has 0 atom stereocenters. The zero-order valence-electron chi connectivity index (χ0n) is 10.8. The van der Waals surface area contributed by atoms with Crippen LogP contribution in [0.1, 0.15) is 19.4 Å². The lowest BCUT2D eigenvalue weighted by Crippen LogP contribution is -2.12. The summed E-state index contributed by atoms with van der Waals surface area (Å²) >= 11 is 0. The van der Waals surface area contributed by atoms with Crippen LogP contribution in [0.15, 0.2) is 30.6 Å². The van der Waals surface area contributed by atoms with Crippen LogP contribution in [-0.4, -0.2) is 16.3 Å². The lowest BCUT2D eigenvalue weighted by Gasteiger charge is -2.08. The molecule has 3 nitrogen and oxygen atoms in total. The lowest BCUT2D eigenvalue weighted by atomic mass is 10.0. The fourth-order valence-corrected chi connectivity index (χ4v) is 1.91. The van der Waals surface area contributed by atoms with E-state index in [-0.39, 0.29) is 5.82 Å². The van der Waals surface area contributed by atoms with Gasteiger partial charge in [0, 0.05) is 24.8 Å². The SMILES string of the molecule is CCNCc1ccc(F)cc1-c1cnn(CC)c1. The zero-order chi connectivity index (χ0) is 13.0. The van der Waals surface area contributed by atoms with Crippen molar-refractivity contribution in [2.75, 3.05) is 6.54 Å². The van der Waals surface area contributed by atoms with Crippen molar-refractivity contribution in [2.24, 2.45) is 0 Å². The van der Waals surface area contributed by atoms with Crippen molar-refractivity contribution in [3.05, 3.63) is 42.0 Å².